The molecule has 1 unspecified atom stereocenters. The van der Waals surface area contributed by atoms with E-state index in [2.05, 4.69) is 31.1 Å². The van der Waals surface area contributed by atoms with Crippen LogP contribution in [0.4, 0.5) is 0 Å². The minimum absolute atomic E-state index is 0.802. The SMILES string of the molecule is CCC1CCC(C(CC2CCSCC2)NC)CC1. The summed E-state index contributed by atoms with van der Waals surface area (Å²) in [6.07, 6.45) is 11.7. The molecule has 0 radical (unpaired) electrons. The molecule has 0 aromatic heterocycles. The third kappa shape index (κ3) is 4.16. The lowest BCUT2D eigenvalue weighted by Crippen LogP contribution is -2.38. The van der Waals surface area contributed by atoms with Crippen molar-refractivity contribution >= 4 is 11.8 Å². The van der Waals surface area contributed by atoms with Crippen molar-refractivity contribution in [3.63, 3.8) is 0 Å². The van der Waals surface area contributed by atoms with Gasteiger partial charge in [-0.1, -0.05) is 26.2 Å². The molecule has 1 aliphatic heterocycles. The van der Waals surface area contributed by atoms with Gasteiger partial charge in [0.2, 0.25) is 0 Å². The second-order valence-corrected chi connectivity index (χ2v) is 7.60. The molecule has 1 aliphatic carbocycles. The zero-order valence-corrected chi connectivity index (χ0v) is 13.1. The van der Waals surface area contributed by atoms with E-state index in [0.717, 1.165) is 23.8 Å². The van der Waals surface area contributed by atoms with Crippen LogP contribution in [0.2, 0.25) is 0 Å². The third-order valence-electron chi connectivity index (χ3n) is 5.34. The molecule has 2 heteroatoms. The van der Waals surface area contributed by atoms with Gasteiger partial charge in [-0.25, -0.2) is 0 Å². The molecule has 1 saturated carbocycles. The lowest BCUT2D eigenvalue weighted by molar-refractivity contribution is 0.199. The van der Waals surface area contributed by atoms with Gasteiger partial charge in [-0.3, -0.25) is 0 Å². The Morgan fingerprint density at radius 1 is 1.00 bits per heavy atom. The van der Waals surface area contributed by atoms with Crippen molar-refractivity contribution in [1.29, 1.82) is 0 Å². The van der Waals surface area contributed by atoms with Crippen molar-refractivity contribution in [3.8, 4) is 0 Å². The molecule has 2 aliphatic rings. The standard InChI is InChI=1S/C16H31NS/c1-3-13-4-6-15(7-5-13)16(17-2)12-14-8-10-18-11-9-14/h13-17H,3-12H2,1-2H3. The molecule has 1 saturated heterocycles. The van der Waals surface area contributed by atoms with Crippen molar-refractivity contribution in [2.45, 2.75) is 64.3 Å². The summed E-state index contributed by atoms with van der Waals surface area (Å²) in [5.41, 5.74) is 0. The first-order chi connectivity index (χ1) is 8.83. The quantitative estimate of drug-likeness (QED) is 0.797. The number of thioether (sulfide) groups is 1. The summed E-state index contributed by atoms with van der Waals surface area (Å²) in [7, 11) is 2.19. The molecule has 2 rings (SSSR count). The van der Waals surface area contributed by atoms with Gasteiger partial charge in [0.05, 0.1) is 0 Å². The molecule has 1 nitrogen and oxygen atoms in total. The maximum absolute atomic E-state index is 3.65. The van der Waals surface area contributed by atoms with Crippen molar-refractivity contribution in [3.05, 3.63) is 0 Å². The lowest BCUT2D eigenvalue weighted by Gasteiger charge is -2.36. The van der Waals surface area contributed by atoms with E-state index in [1.54, 1.807) is 0 Å². The number of hydrogen-bond donors (Lipinski definition) is 1. The Kier molecular flexibility index (Phi) is 6.37. The average Bonchev–Trinajstić information content (AvgIpc) is 2.46. The molecular weight excluding hydrogens is 238 g/mol. The van der Waals surface area contributed by atoms with Gasteiger partial charge in [-0.15, -0.1) is 0 Å². The first kappa shape index (κ1) is 14.7. The minimum Gasteiger partial charge on any atom is -0.317 e. The summed E-state index contributed by atoms with van der Waals surface area (Å²) < 4.78 is 0. The topological polar surface area (TPSA) is 12.0 Å². The smallest absolute Gasteiger partial charge is 0.00949 e. The fourth-order valence-corrected chi connectivity index (χ4v) is 5.09. The highest BCUT2D eigenvalue weighted by atomic mass is 32.2. The summed E-state index contributed by atoms with van der Waals surface area (Å²) in [5, 5.41) is 3.65. The monoisotopic (exact) mass is 269 g/mol. The zero-order chi connectivity index (χ0) is 12.8. The predicted molar refractivity (Wildman–Crippen MR) is 83.3 cm³/mol. The molecule has 0 amide bonds. The molecule has 0 bridgehead atoms. The van der Waals surface area contributed by atoms with Crippen LogP contribution in [0.1, 0.15) is 58.3 Å². The molecule has 1 N–H and O–H groups in total. The first-order valence-corrected chi connectivity index (χ1v) is 9.24. The van der Waals surface area contributed by atoms with Crippen LogP contribution in [0.25, 0.3) is 0 Å². The Morgan fingerprint density at radius 3 is 2.22 bits per heavy atom. The highest BCUT2D eigenvalue weighted by molar-refractivity contribution is 7.99. The highest BCUT2D eigenvalue weighted by Gasteiger charge is 2.28. The van der Waals surface area contributed by atoms with Gasteiger partial charge < -0.3 is 5.32 Å². The van der Waals surface area contributed by atoms with Crippen molar-refractivity contribution in [2.75, 3.05) is 18.6 Å². The molecule has 0 aromatic carbocycles. The summed E-state index contributed by atoms with van der Waals surface area (Å²) in [5.74, 6) is 5.82. The first-order valence-electron chi connectivity index (χ1n) is 8.08. The van der Waals surface area contributed by atoms with Gasteiger partial charge in [0.15, 0.2) is 0 Å². The van der Waals surface area contributed by atoms with Crippen molar-refractivity contribution in [2.24, 2.45) is 17.8 Å². The van der Waals surface area contributed by atoms with Crippen molar-refractivity contribution < 1.29 is 0 Å². The normalized spacial score (nSPS) is 32.3. The summed E-state index contributed by atoms with van der Waals surface area (Å²) in [6, 6.07) is 0.802. The minimum atomic E-state index is 0.802. The Hall–Kier alpha value is 0.310. The fraction of sp³-hybridized carbons (Fsp3) is 1.00. The lowest BCUT2D eigenvalue weighted by atomic mass is 9.75. The number of nitrogens with one attached hydrogen (secondary N) is 1. The van der Waals surface area contributed by atoms with Crippen LogP contribution < -0.4 is 5.32 Å². The number of hydrogen-bond acceptors (Lipinski definition) is 2. The summed E-state index contributed by atoms with van der Waals surface area (Å²) >= 11 is 2.15. The van der Waals surface area contributed by atoms with Gasteiger partial charge in [-0.05, 0) is 68.4 Å². The molecular formula is C16H31NS. The van der Waals surface area contributed by atoms with Crippen LogP contribution in [0.3, 0.4) is 0 Å². The third-order valence-corrected chi connectivity index (χ3v) is 6.39. The van der Waals surface area contributed by atoms with Crippen LogP contribution in [0.5, 0.6) is 0 Å². The average molecular weight is 269 g/mol. The van der Waals surface area contributed by atoms with E-state index < -0.39 is 0 Å². The van der Waals surface area contributed by atoms with Crippen LogP contribution in [-0.4, -0.2) is 24.6 Å². The van der Waals surface area contributed by atoms with E-state index in [0.29, 0.717) is 0 Å². The van der Waals surface area contributed by atoms with E-state index in [1.165, 1.54) is 62.9 Å². The predicted octanol–water partition coefficient (Wildman–Crippen LogP) is 4.32. The largest absolute Gasteiger partial charge is 0.317 e. The Bertz CT molecular complexity index is 217. The van der Waals surface area contributed by atoms with Crippen LogP contribution in [-0.2, 0) is 0 Å². The molecule has 0 spiro atoms. The van der Waals surface area contributed by atoms with Gasteiger partial charge in [-0.2, -0.15) is 11.8 Å². The maximum Gasteiger partial charge on any atom is 0.00949 e. The molecule has 0 aromatic rings. The van der Waals surface area contributed by atoms with Gasteiger partial charge in [0, 0.05) is 6.04 Å². The Morgan fingerprint density at radius 2 is 1.67 bits per heavy atom. The van der Waals surface area contributed by atoms with Crippen LogP contribution in [0, 0.1) is 17.8 Å². The second kappa shape index (κ2) is 7.79. The highest BCUT2D eigenvalue weighted by Crippen LogP contribution is 2.35. The van der Waals surface area contributed by atoms with E-state index >= 15 is 0 Å². The van der Waals surface area contributed by atoms with E-state index in [4.69, 9.17) is 0 Å². The second-order valence-electron chi connectivity index (χ2n) is 6.38. The van der Waals surface area contributed by atoms with Gasteiger partial charge in [0.1, 0.15) is 0 Å². The van der Waals surface area contributed by atoms with Gasteiger partial charge in [0.25, 0.3) is 0 Å². The molecule has 106 valence electrons. The zero-order valence-electron chi connectivity index (χ0n) is 12.3. The molecule has 2 fully saturated rings. The Balaban J connectivity index is 1.77. The van der Waals surface area contributed by atoms with E-state index in [1.807, 2.05) is 0 Å². The molecule has 1 atom stereocenters. The van der Waals surface area contributed by atoms with Crippen LogP contribution >= 0.6 is 11.8 Å². The van der Waals surface area contributed by atoms with Crippen molar-refractivity contribution in [1.82, 2.24) is 5.32 Å². The summed E-state index contributed by atoms with van der Waals surface area (Å²) in [6.45, 7) is 2.36. The summed E-state index contributed by atoms with van der Waals surface area (Å²) in [4.78, 5) is 0. The molecule has 1 heterocycles. The molecule has 18 heavy (non-hydrogen) atoms. The fourth-order valence-electron chi connectivity index (χ4n) is 3.89. The van der Waals surface area contributed by atoms with Gasteiger partial charge >= 0.3 is 0 Å². The number of rotatable bonds is 5. The maximum atomic E-state index is 3.65. The van der Waals surface area contributed by atoms with E-state index in [-0.39, 0.29) is 0 Å². The Labute approximate surface area is 118 Å². The van der Waals surface area contributed by atoms with Crippen LogP contribution in [0.15, 0.2) is 0 Å². The van der Waals surface area contributed by atoms with E-state index in [9.17, 15) is 0 Å².